The molecule has 1 unspecified atom stereocenters. The van der Waals surface area contributed by atoms with Gasteiger partial charge in [0.15, 0.2) is 0 Å². The Bertz CT molecular complexity index is 619. The van der Waals surface area contributed by atoms with Crippen LogP contribution in [-0.2, 0) is 6.42 Å². The molecular weight excluding hydrogens is 322 g/mol. The average Bonchev–Trinajstić information content (AvgIpc) is 2.45. The van der Waals surface area contributed by atoms with Gasteiger partial charge in [-0.25, -0.2) is 0 Å². The van der Waals surface area contributed by atoms with Gasteiger partial charge in [0.25, 0.3) is 0 Å². The van der Waals surface area contributed by atoms with Crippen molar-refractivity contribution in [1.29, 1.82) is 0 Å². The smallest absolute Gasteiger partial charge is 0.0372 e. The molecule has 2 heteroatoms. The van der Waals surface area contributed by atoms with E-state index in [4.69, 9.17) is 0 Å². The summed E-state index contributed by atoms with van der Waals surface area (Å²) in [7, 11) is 0. The first-order chi connectivity index (χ1) is 10.0. The number of hydrogen-bond donors (Lipinski definition) is 1. The van der Waals surface area contributed by atoms with Crippen molar-refractivity contribution in [2.75, 3.05) is 6.54 Å². The lowest BCUT2D eigenvalue weighted by atomic mass is 9.94. The van der Waals surface area contributed by atoms with Crippen LogP contribution in [0.2, 0.25) is 0 Å². The summed E-state index contributed by atoms with van der Waals surface area (Å²) in [5, 5.41) is 3.63. The number of benzene rings is 2. The second-order valence-electron chi connectivity index (χ2n) is 5.77. The van der Waals surface area contributed by atoms with Gasteiger partial charge in [0, 0.05) is 10.5 Å². The summed E-state index contributed by atoms with van der Waals surface area (Å²) in [6.45, 7) is 9.64. The Hall–Kier alpha value is -1.12. The molecule has 1 atom stereocenters. The van der Waals surface area contributed by atoms with Crippen molar-refractivity contribution in [1.82, 2.24) is 5.32 Å². The van der Waals surface area contributed by atoms with Gasteiger partial charge in [0.1, 0.15) is 0 Å². The summed E-state index contributed by atoms with van der Waals surface area (Å²) in [4.78, 5) is 0. The van der Waals surface area contributed by atoms with Gasteiger partial charge in [0.05, 0.1) is 0 Å². The van der Waals surface area contributed by atoms with E-state index in [-0.39, 0.29) is 0 Å². The Labute approximate surface area is 136 Å². The average molecular weight is 346 g/mol. The molecule has 1 N–H and O–H groups in total. The largest absolute Gasteiger partial charge is 0.310 e. The van der Waals surface area contributed by atoms with Crippen LogP contribution in [0.5, 0.6) is 0 Å². The number of rotatable bonds is 5. The highest BCUT2D eigenvalue weighted by molar-refractivity contribution is 9.10. The summed E-state index contributed by atoms with van der Waals surface area (Å²) in [5.74, 6) is 0. The highest BCUT2D eigenvalue weighted by atomic mass is 79.9. The molecule has 0 radical (unpaired) electrons. The molecule has 0 bridgehead atoms. The molecule has 2 aromatic rings. The Kier molecular flexibility index (Phi) is 5.60. The third-order valence-corrected chi connectivity index (χ3v) is 4.63. The summed E-state index contributed by atoms with van der Waals surface area (Å²) in [5.41, 5.74) is 6.77. The maximum atomic E-state index is 3.71. The first-order valence-electron chi connectivity index (χ1n) is 7.56. The van der Waals surface area contributed by atoms with Gasteiger partial charge in [-0.3, -0.25) is 0 Å². The van der Waals surface area contributed by atoms with Crippen molar-refractivity contribution in [2.24, 2.45) is 0 Å². The van der Waals surface area contributed by atoms with Crippen LogP contribution >= 0.6 is 15.9 Å². The molecule has 0 heterocycles. The summed E-state index contributed by atoms with van der Waals surface area (Å²) >= 11 is 3.71. The molecule has 0 spiro atoms. The first-order valence-corrected chi connectivity index (χ1v) is 8.36. The fraction of sp³-hybridized carbons (Fsp3) is 0.368. The van der Waals surface area contributed by atoms with Crippen molar-refractivity contribution >= 4 is 15.9 Å². The van der Waals surface area contributed by atoms with Crippen molar-refractivity contribution in [3.05, 3.63) is 68.7 Å². The number of nitrogens with one attached hydrogen (secondary N) is 1. The molecule has 2 aromatic carbocycles. The van der Waals surface area contributed by atoms with Crippen LogP contribution in [0.1, 0.15) is 40.8 Å². The van der Waals surface area contributed by atoms with E-state index in [2.05, 4.69) is 85.3 Å². The highest BCUT2D eigenvalue weighted by Crippen LogP contribution is 2.28. The predicted octanol–water partition coefficient (Wildman–Crippen LogP) is 5.27. The third-order valence-electron chi connectivity index (χ3n) is 3.91. The molecule has 0 aliphatic heterocycles. The van der Waals surface area contributed by atoms with Crippen molar-refractivity contribution in [3.63, 3.8) is 0 Å². The molecule has 1 nitrogen and oxygen atoms in total. The molecule has 0 aliphatic carbocycles. The molecule has 0 saturated carbocycles. The monoisotopic (exact) mass is 345 g/mol. The summed E-state index contributed by atoms with van der Waals surface area (Å²) in [6.07, 6.45) is 1.02. The molecule has 0 saturated heterocycles. The van der Waals surface area contributed by atoms with E-state index < -0.39 is 0 Å². The fourth-order valence-corrected chi connectivity index (χ4v) is 3.23. The molecule has 112 valence electrons. The summed E-state index contributed by atoms with van der Waals surface area (Å²) in [6, 6.07) is 13.6. The van der Waals surface area contributed by atoms with Crippen molar-refractivity contribution in [3.8, 4) is 0 Å². The van der Waals surface area contributed by atoms with Gasteiger partial charge in [-0.2, -0.15) is 0 Å². The zero-order valence-corrected chi connectivity index (χ0v) is 14.9. The number of halogens is 1. The molecule has 2 rings (SSSR count). The zero-order valence-electron chi connectivity index (χ0n) is 13.3. The van der Waals surface area contributed by atoms with Gasteiger partial charge in [-0.05, 0) is 56.5 Å². The van der Waals surface area contributed by atoms with Gasteiger partial charge in [-0.15, -0.1) is 0 Å². The van der Waals surface area contributed by atoms with E-state index in [1.54, 1.807) is 0 Å². The van der Waals surface area contributed by atoms with Crippen LogP contribution in [0.3, 0.4) is 0 Å². The zero-order chi connectivity index (χ0) is 15.4. The van der Waals surface area contributed by atoms with E-state index in [1.807, 2.05) is 0 Å². The Morgan fingerprint density at radius 3 is 2.38 bits per heavy atom. The minimum Gasteiger partial charge on any atom is -0.310 e. The number of aryl methyl sites for hydroxylation is 3. The lowest BCUT2D eigenvalue weighted by Gasteiger charge is -2.21. The number of hydrogen-bond acceptors (Lipinski definition) is 1. The molecule has 0 aromatic heterocycles. The topological polar surface area (TPSA) is 12.0 Å². The Morgan fingerprint density at radius 2 is 1.67 bits per heavy atom. The lowest BCUT2D eigenvalue weighted by Crippen LogP contribution is -2.23. The van der Waals surface area contributed by atoms with Gasteiger partial charge in [0.2, 0.25) is 0 Å². The van der Waals surface area contributed by atoms with E-state index in [0.29, 0.717) is 6.04 Å². The molecule has 0 amide bonds. The van der Waals surface area contributed by atoms with E-state index in [0.717, 1.165) is 13.0 Å². The van der Waals surface area contributed by atoms with Gasteiger partial charge in [-0.1, -0.05) is 64.3 Å². The first kappa shape index (κ1) is 16.3. The van der Waals surface area contributed by atoms with Crippen LogP contribution in [0, 0.1) is 20.8 Å². The fourth-order valence-electron chi connectivity index (χ4n) is 2.71. The van der Waals surface area contributed by atoms with Crippen LogP contribution in [0.4, 0.5) is 0 Å². The Morgan fingerprint density at radius 1 is 1.00 bits per heavy atom. The molecule has 0 aliphatic rings. The quantitative estimate of drug-likeness (QED) is 0.778. The maximum Gasteiger partial charge on any atom is 0.0372 e. The standard InChI is InChI=1S/C19H24BrN/c1-5-21-19(17-11-14(3)7-9-18(17)20)12-16-10-13(2)6-8-15(16)4/h6-11,19,21H,5,12H2,1-4H3. The lowest BCUT2D eigenvalue weighted by molar-refractivity contribution is 0.546. The summed E-state index contributed by atoms with van der Waals surface area (Å²) < 4.78 is 1.18. The highest BCUT2D eigenvalue weighted by Gasteiger charge is 2.15. The van der Waals surface area contributed by atoms with E-state index >= 15 is 0 Å². The Balaban J connectivity index is 2.35. The molecular formula is C19H24BrN. The minimum absolute atomic E-state index is 0.338. The third kappa shape index (κ3) is 4.18. The van der Waals surface area contributed by atoms with Gasteiger partial charge >= 0.3 is 0 Å². The van der Waals surface area contributed by atoms with E-state index in [1.165, 1.54) is 32.3 Å². The van der Waals surface area contributed by atoms with Gasteiger partial charge < -0.3 is 5.32 Å². The maximum absolute atomic E-state index is 3.71. The second kappa shape index (κ2) is 7.24. The van der Waals surface area contributed by atoms with Crippen LogP contribution < -0.4 is 5.32 Å². The predicted molar refractivity (Wildman–Crippen MR) is 94.9 cm³/mol. The SMILES string of the molecule is CCNC(Cc1cc(C)ccc1C)c1cc(C)ccc1Br. The van der Waals surface area contributed by atoms with Crippen molar-refractivity contribution in [2.45, 2.75) is 40.2 Å². The van der Waals surface area contributed by atoms with Crippen LogP contribution in [0.25, 0.3) is 0 Å². The second-order valence-corrected chi connectivity index (χ2v) is 6.62. The number of likely N-dealkylation sites (N-methyl/N-ethyl adjacent to an activating group) is 1. The molecule has 21 heavy (non-hydrogen) atoms. The van der Waals surface area contributed by atoms with E-state index in [9.17, 15) is 0 Å². The van der Waals surface area contributed by atoms with Crippen LogP contribution in [0.15, 0.2) is 40.9 Å². The van der Waals surface area contributed by atoms with Crippen molar-refractivity contribution < 1.29 is 0 Å². The minimum atomic E-state index is 0.338. The van der Waals surface area contributed by atoms with Crippen LogP contribution in [-0.4, -0.2) is 6.54 Å². The molecule has 0 fully saturated rings. The normalized spacial score (nSPS) is 12.4.